The molecule has 0 fully saturated rings. The van der Waals surface area contributed by atoms with Crippen LogP contribution in [0.3, 0.4) is 0 Å². The van der Waals surface area contributed by atoms with Gasteiger partial charge in [0, 0.05) is 21.7 Å². The molecule has 10 nitrogen and oxygen atoms in total. The molecular formula is C35H32BN2O8. The van der Waals surface area contributed by atoms with Crippen molar-refractivity contribution in [2.75, 3.05) is 0 Å². The lowest BCUT2D eigenvalue weighted by Gasteiger charge is -2.37. The van der Waals surface area contributed by atoms with Gasteiger partial charge in [-0.25, -0.2) is 0 Å². The second-order valence-electron chi connectivity index (χ2n) is 12.6. The number of aromatic hydroxyl groups is 5. The van der Waals surface area contributed by atoms with Crippen LogP contribution in [0.5, 0.6) is 28.7 Å². The number of rotatable bonds is 6. The van der Waals surface area contributed by atoms with E-state index in [9.17, 15) is 30.6 Å². The van der Waals surface area contributed by atoms with Crippen molar-refractivity contribution >= 4 is 45.7 Å². The molecule has 0 unspecified atom stereocenters. The SMILES string of the molecule is CC(C)(O)C(C)(C)O[B]C1=CNCc2oc3ccc(-c4ccc5c(c4)c4ccccc4n5-c4c(O)c(O)c(O)c(O)c4O)cc3c21. The summed E-state index contributed by atoms with van der Waals surface area (Å²) >= 11 is 0. The summed E-state index contributed by atoms with van der Waals surface area (Å²) in [5.74, 6) is -3.69. The van der Waals surface area contributed by atoms with Crippen molar-refractivity contribution in [2.45, 2.75) is 45.4 Å². The summed E-state index contributed by atoms with van der Waals surface area (Å²) in [4.78, 5) is 0. The normalized spacial score (nSPS) is 13.6. The highest BCUT2D eigenvalue weighted by molar-refractivity contribution is 6.56. The van der Waals surface area contributed by atoms with Crippen molar-refractivity contribution < 1.29 is 39.7 Å². The van der Waals surface area contributed by atoms with E-state index in [0.717, 1.165) is 44.1 Å². The van der Waals surface area contributed by atoms with Crippen LogP contribution >= 0.6 is 0 Å². The van der Waals surface area contributed by atoms with Crippen LogP contribution in [0.1, 0.15) is 39.0 Å². The van der Waals surface area contributed by atoms with Gasteiger partial charge in [0.2, 0.25) is 17.2 Å². The third-order valence-electron chi connectivity index (χ3n) is 9.10. The second-order valence-corrected chi connectivity index (χ2v) is 12.6. The maximum atomic E-state index is 10.8. The molecule has 7 N–H and O–H groups in total. The van der Waals surface area contributed by atoms with Gasteiger partial charge in [-0.05, 0) is 80.8 Å². The van der Waals surface area contributed by atoms with Crippen molar-refractivity contribution in [2.24, 2.45) is 0 Å². The standard InChI is InChI=1S/C35H32BN2O8/c1-34(2,44)35(3,4)46-36-22-15-37-16-26-27(22)21-14-18(10-12-25(21)45-26)17-9-11-24-20(13-17)19-7-5-6-8-23(19)38(24)28-29(39)31(41)33(43)32(42)30(28)40/h5-15,37,39-44H,16H2,1-4H3. The number of phenols is 5. The van der Waals surface area contributed by atoms with E-state index in [1.165, 1.54) is 4.57 Å². The second kappa shape index (κ2) is 10.1. The Morgan fingerprint density at radius 1 is 0.761 bits per heavy atom. The van der Waals surface area contributed by atoms with Gasteiger partial charge in [0.05, 0.1) is 28.8 Å². The van der Waals surface area contributed by atoms with E-state index in [4.69, 9.17) is 9.07 Å². The van der Waals surface area contributed by atoms with Gasteiger partial charge >= 0.3 is 7.48 Å². The molecule has 6 aromatic rings. The summed E-state index contributed by atoms with van der Waals surface area (Å²) in [5, 5.41) is 68.4. The zero-order valence-corrected chi connectivity index (χ0v) is 25.6. The number of para-hydroxylation sites is 1. The largest absolute Gasteiger partial charge is 0.503 e. The Hall–Kier alpha value is -5.26. The Kier molecular flexibility index (Phi) is 6.49. The quantitative estimate of drug-likeness (QED) is 0.0644. The zero-order chi connectivity index (χ0) is 32.7. The average Bonchev–Trinajstić information content (AvgIpc) is 3.57. The lowest BCUT2D eigenvalue weighted by Crippen LogP contribution is -2.48. The summed E-state index contributed by atoms with van der Waals surface area (Å²) in [5.41, 5.74) is 3.18. The molecule has 0 aliphatic carbocycles. The molecular weight excluding hydrogens is 587 g/mol. The molecule has 0 bridgehead atoms. The molecule has 11 heteroatoms. The van der Waals surface area contributed by atoms with Gasteiger partial charge in [-0.2, -0.15) is 0 Å². The summed E-state index contributed by atoms with van der Waals surface area (Å²) in [6.07, 6.45) is 1.87. The van der Waals surface area contributed by atoms with Crippen LogP contribution in [0, 0.1) is 0 Å². The first-order chi connectivity index (χ1) is 21.8. The number of nitrogens with zero attached hydrogens (tertiary/aromatic N) is 1. The Bertz CT molecular complexity index is 2210. The van der Waals surface area contributed by atoms with E-state index in [1.807, 2.05) is 62.5 Å². The van der Waals surface area contributed by atoms with Gasteiger partial charge in [-0.3, -0.25) is 0 Å². The van der Waals surface area contributed by atoms with Crippen LogP contribution in [-0.4, -0.2) is 53.9 Å². The Morgan fingerprint density at radius 3 is 2.07 bits per heavy atom. The molecule has 2 aromatic heterocycles. The Morgan fingerprint density at radius 2 is 1.37 bits per heavy atom. The van der Waals surface area contributed by atoms with Crippen molar-refractivity contribution in [3.63, 3.8) is 0 Å². The van der Waals surface area contributed by atoms with Gasteiger partial charge in [-0.15, -0.1) is 0 Å². The van der Waals surface area contributed by atoms with Crippen LogP contribution in [0.25, 0.3) is 55.1 Å². The van der Waals surface area contributed by atoms with Crippen molar-refractivity contribution in [3.05, 3.63) is 78.2 Å². The monoisotopic (exact) mass is 619 g/mol. The Labute approximate surface area is 264 Å². The molecule has 233 valence electrons. The minimum absolute atomic E-state index is 0.266. The zero-order valence-electron chi connectivity index (χ0n) is 25.6. The maximum absolute atomic E-state index is 10.8. The van der Waals surface area contributed by atoms with Gasteiger partial charge in [-0.1, -0.05) is 30.3 Å². The third-order valence-corrected chi connectivity index (χ3v) is 9.10. The fourth-order valence-corrected chi connectivity index (χ4v) is 5.82. The molecule has 46 heavy (non-hydrogen) atoms. The summed E-state index contributed by atoms with van der Waals surface area (Å²) in [7, 11) is 1.65. The molecule has 0 spiro atoms. The number of aromatic nitrogens is 1. The lowest BCUT2D eigenvalue weighted by molar-refractivity contribution is -0.0892. The minimum atomic E-state index is -1.08. The first-order valence-electron chi connectivity index (χ1n) is 14.7. The molecule has 0 amide bonds. The fraction of sp³-hybridized carbons (Fsp3) is 0.200. The molecule has 1 aliphatic rings. The minimum Gasteiger partial charge on any atom is -0.503 e. The van der Waals surface area contributed by atoms with Crippen molar-refractivity contribution in [1.29, 1.82) is 0 Å². The smallest absolute Gasteiger partial charge is 0.333 e. The summed E-state index contributed by atoms with van der Waals surface area (Å²) < 4.78 is 13.8. The number of fused-ring (bicyclic) bond motifs is 6. The molecule has 0 saturated carbocycles. The first-order valence-corrected chi connectivity index (χ1v) is 14.7. The topological polar surface area (TPSA) is 161 Å². The van der Waals surface area contributed by atoms with Crippen LogP contribution in [0.15, 0.2) is 71.3 Å². The van der Waals surface area contributed by atoms with E-state index >= 15 is 0 Å². The molecule has 7 rings (SSSR count). The summed E-state index contributed by atoms with van der Waals surface area (Å²) in [6, 6.07) is 19.0. The maximum Gasteiger partial charge on any atom is 0.333 e. The number of benzene rings is 4. The molecule has 1 aliphatic heterocycles. The predicted molar refractivity (Wildman–Crippen MR) is 176 cm³/mol. The molecule has 0 atom stereocenters. The van der Waals surface area contributed by atoms with Crippen LogP contribution < -0.4 is 5.32 Å². The van der Waals surface area contributed by atoms with Crippen LogP contribution in [0.2, 0.25) is 0 Å². The van der Waals surface area contributed by atoms with Crippen LogP contribution in [-0.2, 0) is 11.2 Å². The number of aliphatic hydroxyl groups is 1. The number of furan rings is 1. The number of hydrogen-bond donors (Lipinski definition) is 7. The number of hydrogen-bond acceptors (Lipinski definition) is 9. The van der Waals surface area contributed by atoms with Crippen LogP contribution in [0.4, 0.5) is 0 Å². The molecule has 1 radical (unpaired) electrons. The van der Waals surface area contributed by atoms with Gasteiger partial charge in [0.1, 0.15) is 17.0 Å². The number of phenolic OH excluding ortho intramolecular Hbond substituents is 5. The van der Waals surface area contributed by atoms with E-state index in [2.05, 4.69) is 11.4 Å². The van der Waals surface area contributed by atoms with E-state index in [-0.39, 0.29) is 5.69 Å². The first kappa shape index (κ1) is 29.5. The lowest BCUT2D eigenvalue weighted by atomic mass is 9.77. The summed E-state index contributed by atoms with van der Waals surface area (Å²) in [6.45, 7) is 7.58. The molecule has 0 saturated heterocycles. The van der Waals surface area contributed by atoms with E-state index in [1.54, 1.807) is 33.5 Å². The highest BCUT2D eigenvalue weighted by Gasteiger charge is 2.37. The van der Waals surface area contributed by atoms with Crippen molar-refractivity contribution in [3.8, 4) is 45.6 Å². The molecule has 3 heterocycles. The Balaban J connectivity index is 1.36. The average molecular weight is 619 g/mol. The predicted octanol–water partition coefficient (Wildman–Crippen LogP) is 6.31. The fourth-order valence-electron chi connectivity index (χ4n) is 5.82. The molecule has 4 aromatic carbocycles. The van der Waals surface area contributed by atoms with E-state index < -0.39 is 39.9 Å². The van der Waals surface area contributed by atoms with Gasteiger partial charge in [0.25, 0.3) is 0 Å². The highest BCUT2D eigenvalue weighted by atomic mass is 16.5. The van der Waals surface area contributed by atoms with Gasteiger partial charge < -0.3 is 49.6 Å². The van der Waals surface area contributed by atoms with E-state index in [0.29, 0.717) is 23.2 Å². The van der Waals surface area contributed by atoms with Crippen molar-refractivity contribution in [1.82, 2.24) is 9.88 Å². The third kappa shape index (κ3) is 4.34. The van der Waals surface area contributed by atoms with Gasteiger partial charge in [0.15, 0.2) is 11.5 Å². The highest BCUT2D eigenvalue weighted by Crippen LogP contribution is 2.54. The number of nitrogens with one attached hydrogen (secondary N) is 1.